The summed E-state index contributed by atoms with van der Waals surface area (Å²) in [6.07, 6.45) is 3.00. The van der Waals surface area contributed by atoms with Crippen LogP contribution >= 0.6 is 0 Å². The first kappa shape index (κ1) is 12.9. The molecule has 0 spiro atoms. The average molecular weight is 215 g/mol. The SMILES string of the molecule is CCCCC(O)CNN1CCN(C)CC1. The number of nitrogens with one attached hydrogen (secondary N) is 1. The first-order valence-corrected chi connectivity index (χ1v) is 6.07. The van der Waals surface area contributed by atoms with Crippen LogP contribution in [0.3, 0.4) is 0 Å². The van der Waals surface area contributed by atoms with Crippen molar-refractivity contribution in [1.82, 2.24) is 15.3 Å². The van der Waals surface area contributed by atoms with E-state index in [-0.39, 0.29) is 6.10 Å². The van der Waals surface area contributed by atoms with Gasteiger partial charge in [-0.05, 0) is 13.5 Å². The third-order valence-electron chi connectivity index (χ3n) is 2.94. The molecule has 1 saturated heterocycles. The summed E-state index contributed by atoms with van der Waals surface area (Å²) in [5.41, 5.74) is 3.31. The Morgan fingerprint density at radius 3 is 2.53 bits per heavy atom. The summed E-state index contributed by atoms with van der Waals surface area (Å²) in [7, 11) is 2.15. The van der Waals surface area contributed by atoms with Gasteiger partial charge in [0, 0.05) is 32.7 Å². The van der Waals surface area contributed by atoms with Gasteiger partial charge in [0.1, 0.15) is 0 Å². The second kappa shape index (κ2) is 7.17. The summed E-state index contributed by atoms with van der Waals surface area (Å²) < 4.78 is 0. The van der Waals surface area contributed by atoms with Crippen LogP contribution in [-0.4, -0.2) is 60.9 Å². The number of aliphatic hydroxyl groups excluding tert-OH is 1. The van der Waals surface area contributed by atoms with E-state index in [1.807, 2.05) is 0 Å². The number of rotatable bonds is 6. The second-order valence-corrected chi connectivity index (χ2v) is 4.45. The predicted molar refractivity (Wildman–Crippen MR) is 62.6 cm³/mol. The molecule has 0 radical (unpaired) electrons. The van der Waals surface area contributed by atoms with Gasteiger partial charge in [0.05, 0.1) is 6.10 Å². The van der Waals surface area contributed by atoms with Crippen LogP contribution in [0.4, 0.5) is 0 Å². The van der Waals surface area contributed by atoms with Gasteiger partial charge >= 0.3 is 0 Å². The topological polar surface area (TPSA) is 38.7 Å². The van der Waals surface area contributed by atoms with Crippen LogP contribution in [0.1, 0.15) is 26.2 Å². The van der Waals surface area contributed by atoms with Gasteiger partial charge < -0.3 is 10.0 Å². The molecule has 1 fully saturated rings. The number of likely N-dealkylation sites (N-methyl/N-ethyl adjacent to an activating group) is 1. The molecule has 0 aliphatic carbocycles. The Bertz CT molecular complexity index is 158. The van der Waals surface area contributed by atoms with E-state index in [1.165, 1.54) is 0 Å². The molecule has 4 heteroatoms. The molecule has 1 atom stereocenters. The minimum Gasteiger partial charge on any atom is -0.392 e. The van der Waals surface area contributed by atoms with E-state index in [4.69, 9.17) is 0 Å². The molecular formula is C11H25N3O. The molecule has 1 rings (SSSR count). The van der Waals surface area contributed by atoms with E-state index < -0.39 is 0 Å². The van der Waals surface area contributed by atoms with Gasteiger partial charge in [0.15, 0.2) is 0 Å². The van der Waals surface area contributed by atoms with Crippen molar-refractivity contribution >= 4 is 0 Å². The summed E-state index contributed by atoms with van der Waals surface area (Å²) in [6.45, 7) is 7.18. The number of unbranched alkanes of at least 4 members (excludes halogenated alkanes) is 1. The lowest BCUT2D eigenvalue weighted by Crippen LogP contribution is -2.52. The van der Waals surface area contributed by atoms with Gasteiger partial charge in [-0.3, -0.25) is 5.43 Å². The Labute approximate surface area is 93.2 Å². The number of hydrazine groups is 1. The molecule has 1 unspecified atom stereocenters. The van der Waals surface area contributed by atoms with E-state index in [0.717, 1.165) is 45.4 Å². The smallest absolute Gasteiger partial charge is 0.0678 e. The fourth-order valence-corrected chi connectivity index (χ4v) is 1.74. The molecule has 15 heavy (non-hydrogen) atoms. The van der Waals surface area contributed by atoms with E-state index in [9.17, 15) is 5.11 Å². The van der Waals surface area contributed by atoms with Crippen LogP contribution in [0.15, 0.2) is 0 Å². The Kier molecular flexibility index (Phi) is 6.17. The third kappa shape index (κ3) is 5.47. The van der Waals surface area contributed by atoms with Crippen LogP contribution in [0.2, 0.25) is 0 Å². The number of nitrogens with zero attached hydrogens (tertiary/aromatic N) is 2. The second-order valence-electron chi connectivity index (χ2n) is 4.45. The lowest BCUT2D eigenvalue weighted by Gasteiger charge is -2.33. The normalized spacial score (nSPS) is 21.8. The highest BCUT2D eigenvalue weighted by Crippen LogP contribution is 2.00. The minimum absolute atomic E-state index is 0.190. The van der Waals surface area contributed by atoms with Crippen molar-refractivity contribution in [3.63, 3.8) is 0 Å². The maximum atomic E-state index is 9.66. The monoisotopic (exact) mass is 215 g/mol. The zero-order valence-electron chi connectivity index (χ0n) is 10.1. The molecule has 90 valence electrons. The highest BCUT2D eigenvalue weighted by atomic mass is 16.3. The first-order valence-electron chi connectivity index (χ1n) is 6.07. The van der Waals surface area contributed by atoms with Crippen molar-refractivity contribution in [2.75, 3.05) is 39.8 Å². The molecule has 0 amide bonds. The van der Waals surface area contributed by atoms with Crippen LogP contribution in [0.5, 0.6) is 0 Å². The molecule has 4 nitrogen and oxygen atoms in total. The molecule has 1 heterocycles. The predicted octanol–water partition coefficient (Wildman–Crippen LogP) is 0.290. The Hall–Kier alpha value is -0.160. The van der Waals surface area contributed by atoms with Crippen molar-refractivity contribution in [1.29, 1.82) is 0 Å². The van der Waals surface area contributed by atoms with Crippen molar-refractivity contribution in [3.05, 3.63) is 0 Å². The van der Waals surface area contributed by atoms with E-state index in [2.05, 4.69) is 29.3 Å². The number of aliphatic hydroxyl groups is 1. The highest BCUT2D eigenvalue weighted by Gasteiger charge is 2.13. The largest absolute Gasteiger partial charge is 0.392 e. The van der Waals surface area contributed by atoms with Gasteiger partial charge in [0.2, 0.25) is 0 Å². The Morgan fingerprint density at radius 2 is 1.93 bits per heavy atom. The average Bonchev–Trinajstić information content (AvgIpc) is 2.25. The first-order chi connectivity index (χ1) is 7.22. The molecule has 0 aromatic heterocycles. The maximum Gasteiger partial charge on any atom is 0.0678 e. The van der Waals surface area contributed by atoms with E-state index in [1.54, 1.807) is 0 Å². The summed E-state index contributed by atoms with van der Waals surface area (Å²) in [6, 6.07) is 0. The van der Waals surface area contributed by atoms with Gasteiger partial charge in [-0.25, -0.2) is 5.01 Å². The third-order valence-corrected chi connectivity index (χ3v) is 2.94. The Balaban J connectivity index is 2.04. The number of piperazine rings is 1. The fourth-order valence-electron chi connectivity index (χ4n) is 1.74. The van der Waals surface area contributed by atoms with Gasteiger partial charge in [-0.2, -0.15) is 0 Å². The Morgan fingerprint density at radius 1 is 1.27 bits per heavy atom. The standard InChI is InChI=1S/C11H25N3O/c1-3-4-5-11(15)10-12-14-8-6-13(2)7-9-14/h11-12,15H,3-10H2,1-2H3. The molecule has 1 aliphatic rings. The summed E-state index contributed by atoms with van der Waals surface area (Å²) in [5, 5.41) is 11.9. The highest BCUT2D eigenvalue weighted by molar-refractivity contribution is 4.67. The van der Waals surface area contributed by atoms with Crippen molar-refractivity contribution in [3.8, 4) is 0 Å². The fraction of sp³-hybridized carbons (Fsp3) is 1.00. The molecule has 0 aromatic carbocycles. The molecular weight excluding hydrogens is 190 g/mol. The molecule has 0 bridgehead atoms. The van der Waals surface area contributed by atoms with Crippen LogP contribution < -0.4 is 5.43 Å². The lowest BCUT2D eigenvalue weighted by molar-refractivity contribution is 0.0711. The van der Waals surface area contributed by atoms with Crippen molar-refractivity contribution in [2.45, 2.75) is 32.3 Å². The van der Waals surface area contributed by atoms with Crippen molar-refractivity contribution < 1.29 is 5.11 Å². The molecule has 2 N–H and O–H groups in total. The number of hydrogen-bond donors (Lipinski definition) is 2. The van der Waals surface area contributed by atoms with E-state index >= 15 is 0 Å². The minimum atomic E-state index is -0.190. The lowest BCUT2D eigenvalue weighted by atomic mass is 10.2. The van der Waals surface area contributed by atoms with Crippen LogP contribution in [0, 0.1) is 0 Å². The molecule has 1 aliphatic heterocycles. The quantitative estimate of drug-likeness (QED) is 0.668. The van der Waals surface area contributed by atoms with Crippen LogP contribution in [0.25, 0.3) is 0 Å². The summed E-state index contributed by atoms with van der Waals surface area (Å²) in [5.74, 6) is 0. The summed E-state index contributed by atoms with van der Waals surface area (Å²) >= 11 is 0. The van der Waals surface area contributed by atoms with Crippen molar-refractivity contribution in [2.24, 2.45) is 0 Å². The summed E-state index contributed by atoms with van der Waals surface area (Å²) in [4.78, 5) is 2.33. The molecule has 0 saturated carbocycles. The molecule has 0 aromatic rings. The van der Waals surface area contributed by atoms with Gasteiger partial charge in [-0.1, -0.05) is 19.8 Å². The zero-order valence-corrected chi connectivity index (χ0v) is 10.1. The van der Waals surface area contributed by atoms with Crippen LogP contribution in [-0.2, 0) is 0 Å². The maximum absolute atomic E-state index is 9.66. The zero-order chi connectivity index (χ0) is 11.1. The number of hydrogen-bond acceptors (Lipinski definition) is 4. The van der Waals surface area contributed by atoms with E-state index in [0.29, 0.717) is 6.54 Å². The van der Waals surface area contributed by atoms with Gasteiger partial charge in [-0.15, -0.1) is 0 Å². The van der Waals surface area contributed by atoms with Gasteiger partial charge in [0.25, 0.3) is 0 Å².